The Morgan fingerprint density at radius 1 is 1.06 bits per heavy atom. The smallest absolute Gasteiger partial charge is 0.339 e. The van der Waals surface area contributed by atoms with Gasteiger partial charge in [0.1, 0.15) is 12.4 Å². The molecule has 0 unspecified atom stereocenters. The maximum Gasteiger partial charge on any atom is 0.339 e. The fraction of sp³-hybridized carbons (Fsp3) is 0.375. The number of amides is 2. The molecule has 2 amide bonds. The predicted octanol–water partition coefficient (Wildman–Crippen LogP) is 1.56. The molecular formula is C24H28N6O4. The summed E-state index contributed by atoms with van der Waals surface area (Å²) in [5.41, 5.74) is 5.05. The molecule has 0 atom stereocenters. The van der Waals surface area contributed by atoms with E-state index in [0.29, 0.717) is 37.5 Å². The molecule has 10 heteroatoms. The average molecular weight is 465 g/mol. The molecule has 1 saturated heterocycles. The van der Waals surface area contributed by atoms with Gasteiger partial charge in [-0.1, -0.05) is 17.7 Å². The van der Waals surface area contributed by atoms with E-state index in [4.69, 9.17) is 4.74 Å². The normalized spacial score (nSPS) is 16.5. The zero-order valence-corrected chi connectivity index (χ0v) is 19.4. The molecule has 34 heavy (non-hydrogen) atoms. The fourth-order valence-corrected chi connectivity index (χ4v) is 3.85. The van der Waals surface area contributed by atoms with Gasteiger partial charge < -0.3 is 14.5 Å². The molecule has 0 saturated carbocycles. The number of hydrazine groups is 1. The third-order valence-corrected chi connectivity index (χ3v) is 5.70. The van der Waals surface area contributed by atoms with Crippen molar-refractivity contribution in [3.63, 3.8) is 0 Å². The molecule has 0 radical (unpaired) electrons. The summed E-state index contributed by atoms with van der Waals surface area (Å²) in [5.74, 6) is 0.0436. The summed E-state index contributed by atoms with van der Waals surface area (Å²) >= 11 is 0. The van der Waals surface area contributed by atoms with Crippen molar-refractivity contribution >= 4 is 35.1 Å². The number of aryl methyl sites for hydroxylation is 1. The third kappa shape index (κ3) is 5.16. The van der Waals surface area contributed by atoms with Crippen molar-refractivity contribution < 1.29 is 19.1 Å². The van der Waals surface area contributed by atoms with Gasteiger partial charge in [0, 0.05) is 32.4 Å². The molecule has 1 aromatic heterocycles. The molecule has 3 heterocycles. The van der Waals surface area contributed by atoms with Gasteiger partial charge in [-0.2, -0.15) is 0 Å². The molecule has 2 aliphatic rings. The topological polar surface area (TPSA) is 107 Å². The Morgan fingerprint density at radius 2 is 1.85 bits per heavy atom. The molecule has 0 aliphatic carbocycles. The lowest BCUT2D eigenvalue weighted by Gasteiger charge is -2.30. The van der Waals surface area contributed by atoms with Gasteiger partial charge in [-0.15, -0.1) is 0 Å². The molecule has 1 N–H and O–H groups in total. The minimum Gasteiger partial charge on any atom is -0.462 e. The number of amidine groups is 1. The second-order valence-corrected chi connectivity index (χ2v) is 8.10. The van der Waals surface area contributed by atoms with Gasteiger partial charge in [-0.25, -0.2) is 14.8 Å². The van der Waals surface area contributed by atoms with Crippen LogP contribution in [0.4, 0.5) is 11.5 Å². The Hall–Kier alpha value is -3.95. The number of esters is 1. The van der Waals surface area contributed by atoms with Crippen molar-refractivity contribution in [1.82, 2.24) is 15.3 Å². The van der Waals surface area contributed by atoms with Crippen LogP contribution in [0, 0.1) is 6.92 Å². The van der Waals surface area contributed by atoms with Gasteiger partial charge in [0.05, 0.1) is 17.9 Å². The molecule has 2 aliphatic heterocycles. The van der Waals surface area contributed by atoms with Gasteiger partial charge in [-0.3, -0.25) is 20.0 Å². The van der Waals surface area contributed by atoms with E-state index in [-0.39, 0.29) is 24.2 Å². The Bertz CT molecular complexity index is 1080. The molecular weight excluding hydrogens is 436 g/mol. The van der Waals surface area contributed by atoms with Crippen LogP contribution in [0.2, 0.25) is 0 Å². The zero-order chi connectivity index (χ0) is 24.1. The lowest BCUT2D eigenvalue weighted by Crippen LogP contribution is -2.56. The van der Waals surface area contributed by atoms with Crippen LogP contribution in [0.15, 0.2) is 47.6 Å². The van der Waals surface area contributed by atoms with E-state index in [1.807, 2.05) is 31.2 Å². The highest BCUT2D eigenvalue weighted by atomic mass is 16.5. The summed E-state index contributed by atoms with van der Waals surface area (Å²) in [7, 11) is 0. The number of nitrogens with one attached hydrogen (secondary N) is 1. The number of carbonyl (C=O) groups excluding carboxylic acids is 3. The number of benzene rings is 1. The van der Waals surface area contributed by atoms with E-state index >= 15 is 0 Å². The maximum atomic E-state index is 13.2. The molecule has 1 aromatic carbocycles. The largest absolute Gasteiger partial charge is 0.462 e. The second-order valence-electron chi connectivity index (χ2n) is 8.10. The summed E-state index contributed by atoms with van der Waals surface area (Å²) in [6, 6.07) is 11.0. The van der Waals surface area contributed by atoms with Gasteiger partial charge in [-0.05, 0) is 44.5 Å². The molecule has 1 fully saturated rings. The lowest BCUT2D eigenvalue weighted by atomic mass is 10.2. The summed E-state index contributed by atoms with van der Waals surface area (Å²) in [5, 5.41) is 1.37. The fourth-order valence-electron chi connectivity index (χ4n) is 3.85. The Morgan fingerprint density at radius 3 is 2.56 bits per heavy atom. The number of nitrogens with zero attached hydrogens (tertiary/aromatic N) is 5. The molecule has 0 bridgehead atoms. The highest BCUT2D eigenvalue weighted by Gasteiger charge is 2.29. The van der Waals surface area contributed by atoms with Crippen LogP contribution in [0.25, 0.3) is 0 Å². The summed E-state index contributed by atoms with van der Waals surface area (Å²) < 4.78 is 5.00. The standard InChI is InChI=1S/C24H28N6O4/c1-3-34-24(33)18-7-10-20(25-15-18)28-11-4-12-29(14-13-28)23(32)22-26-16-21(31)30(27-22)19-8-5-17(2)6-9-19/h5-10,15H,3-4,11-14,16H2,1-2H3,(H,26,27). The van der Waals surface area contributed by atoms with E-state index in [2.05, 4.69) is 20.3 Å². The monoisotopic (exact) mass is 464 g/mol. The Labute approximate surface area is 198 Å². The first kappa shape index (κ1) is 23.2. The summed E-state index contributed by atoms with van der Waals surface area (Å²) in [6.07, 6.45) is 2.26. The van der Waals surface area contributed by atoms with E-state index in [1.54, 1.807) is 24.0 Å². The number of hydrogen-bond acceptors (Lipinski definition) is 8. The van der Waals surface area contributed by atoms with Crippen molar-refractivity contribution in [3.05, 3.63) is 53.7 Å². The SMILES string of the molecule is CCOC(=O)c1ccc(N2CCCN(C(=O)C3=NCC(=O)N(c4ccc(C)cc4)N3)CC2)nc1. The first-order chi connectivity index (χ1) is 16.5. The summed E-state index contributed by atoms with van der Waals surface area (Å²) in [4.78, 5) is 49.8. The number of anilines is 2. The van der Waals surface area contributed by atoms with Crippen LogP contribution in [0.1, 0.15) is 29.3 Å². The van der Waals surface area contributed by atoms with Gasteiger partial charge in [0.2, 0.25) is 5.84 Å². The molecule has 2 aromatic rings. The first-order valence-electron chi connectivity index (χ1n) is 11.3. The van der Waals surface area contributed by atoms with Crippen molar-refractivity contribution in [2.75, 3.05) is 49.2 Å². The number of carbonyl (C=O) groups is 3. The minimum absolute atomic E-state index is 0.0847. The molecule has 4 rings (SSSR count). The molecule has 178 valence electrons. The molecule has 0 spiro atoms. The molecule has 10 nitrogen and oxygen atoms in total. The van der Waals surface area contributed by atoms with Crippen molar-refractivity contribution in [1.29, 1.82) is 0 Å². The highest BCUT2D eigenvalue weighted by molar-refractivity contribution is 6.39. The maximum absolute atomic E-state index is 13.2. The van der Waals surface area contributed by atoms with E-state index in [0.717, 1.165) is 24.3 Å². The van der Waals surface area contributed by atoms with Crippen LogP contribution in [0.5, 0.6) is 0 Å². The van der Waals surface area contributed by atoms with Crippen LogP contribution >= 0.6 is 0 Å². The number of aliphatic imine (C=N–C) groups is 1. The number of pyridine rings is 1. The van der Waals surface area contributed by atoms with Crippen LogP contribution in [-0.4, -0.2) is 72.8 Å². The van der Waals surface area contributed by atoms with E-state index < -0.39 is 5.97 Å². The van der Waals surface area contributed by atoms with E-state index in [1.165, 1.54) is 11.2 Å². The van der Waals surface area contributed by atoms with Gasteiger partial charge in [0.25, 0.3) is 11.8 Å². The minimum atomic E-state index is -0.395. The third-order valence-electron chi connectivity index (χ3n) is 5.70. The van der Waals surface area contributed by atoms with Crippen molar-refractivity contribution in [3.8, 4) is 0 Å². The lowest BCUT2D eigenvalue weighted by molar-refractivity contribution is -0.124. The number of ether oxygens (including phenoxy) is 1. The van der Waals surface area contributed by atoms with Crippen LogP contribution in [-0.2, 0) is 14.3 Å². The number of hydrogen-bond donors (Lipinski definition) is 1. The highest BCUT2D eigenvalue weighted by Crippen LogP contribution is 2.17. The van der Waals surface area contributed by atoms with Crippen molar-refractivity contribution in [2.24, 2.45) is 4.99 Å². The Kier molecular flexibility index (Phi) is 7.05. The quantitative estimate of drug-likeness (QED) is 0.669. The Balaban J connectivity index is 1.39. The summed E-state index contributed by atoms with van der Waals surface area (Å²) in [6.45, 7) is 6.32. The van der Waals surface area contributed by atoms with Crippen molar-refractivity contribution in [2.45, 2.75) is 20.3 Å². The van der Waals surface area contributed by atoms with Gasteiger partial charge >= 0.3 is 5.97 Å². The average Bonchev–Trinajstić information content (AvgIpc) is 3.11. The first-order valence-corrected chi connectivity index (χ1v) is 11.3. The van der Waals surface area contributed by atoms with Crippen LogP contribution in [0.3, 0.4) is 0 Å². The van der Waals surface area contributed by atoms with Gasteiger partial charge in [0.15, 0.2) is 0 Å². The number of aromatic nitrogens is 1. The van der Waals surface area contributed by atoms with E-state index in [9.17, 15) is 14.4 Å². The predicted molar refractivity (Wildman–Crippen MR) is 128 cm³/mol. The number of rotatable bonds is 5. The van der Waals surface area contributed by atoms with Crippen LogP contribution < -0.4 is 15.3 Å². The zero-order valence-electron chi connectivity index (χ0n) is 19.4. The second kappa shape index (κ2) is 10.3.